The molecule has 11 heteroatoms. The zero-order valence-electron chi connectivity index (χ0n) is 18.5. The zero-order chi connectivity index (χ0) is 22.8. The standard InChI is InChI=1S/C21H25F3N6O.HI/c1-12-8-13(2)30(29-12)17-7-6-16(18(9-17)21(22,23)24)10-26-20(25-5)27-11-19-28-14(3)15(4)31-19;/h6-9H,10-11H2,1-5H3,(H2,25,26,27);1H. The van der Waals surface area contributed by atoms with Gasteiger partial charge < -0.3 is 15.1 Å². The third kappa shape index (κ3) is 6.02. The molecule has 0 radical (unpaired) electrons. The average Bonchev–Trinajstić information content (AvgIpc) is 3.21. The molecule has 0 atom stereocenters. The Hall–Kier alpha value is -2.57. The van der Waals surface area contributed by atoms with Crippen molar-refractivity contribution in [2.45, 2.75) is 47.0 Å². The number of aliphatic imine (C=N–C) groups is 1. The molecule has 1 aromatic carbocycles. The van der Waals surface area contributed by atoms with Gasteiger partial charge >= 0.3 is 6.18 Å². The number of alkyl halides is 3. The lowest BCUT2D eigenvalue weighted by Gasteiger charge is -2.17. The van der Waals surface area contributed by atoms with Gasteiger partial charge in [-0.1, -0.05) is 6.07 Å². The lowest BCUT2D eigenvalue weighted by atomic mass is 10.1. The van der Waals surface area contributed by atoms with Gasteiger partial charge in [0.25, 0.3) is 0 Å². The highest BCUT2D eigenvalue weighted by atomic mass is 127. The summed E-state index contributed by atoms with van der Waals surface area (Å²) in [7, 11) is 1.54. The van der Waals surface area contributed by atoms with Crippen LogP contribution in [0.15, 0.2) is 33.7 Å². The van der Waals surface area contributed by atoms with Crippen LogP contribution in [-0.2, 0) is 19.3 Å². The van der Waals surface area contributed by atoms with Crippen LogP contribution < -0.4 is 10.6 Å². The minimum Gasteiger partial charge on any atom is -0.444 e. The van der Waals surface area contributed by atoms with E-state index in [2.05, 4.69) is 25.7 Å². The second-order valence-electron chi connectivity index (χ2n) is 7.21. The zero-order valence-corrected chi connectivity index (χ0v) is 20.8. The smallest absolute Gasteiger partial charge is 0.416 e. The Labute approximate surface area is 201 Å². The lowest BCUT2D eigenvalue weighted by Crippen LogP contribution is -2.36. The van der Waals surface area contributed by atoms with Gasteiger partial charge in [0.1, 0.15) is 5.76 Å². The number of aryl methyl sites for hydroxylation is 4. The van der Waals surface area contributed by atoms with Crippen LogP contribution in [0.2, 0.25) is 0 Å². The van der Waals surface area contributed by atoms with Crippen molar-refractivity contribution in [1.82, 2.24) is 25.4 Å². The summed E-state index contributed by atoms with van der Waals surface area (Å²) in [6.07, 6.45) is -4.51. The monoisotopic (exact) mass is 562 g/mol. The number of oxazole rings is 1. The Bertz CT molecular complexity index is 1080. The maximum atomic E-state index is 13.7. The van der Waals surface area contributed by atoms with Crippen molar-refractivity contribution in [3.8, 4) is 5.69 Å². The second kappa shape index (κ2) is 10.4. The van der Waals surface area contributed by atoms with Crippen molar-refractivity contribution < 1.29 is 17.6 Å². The van der Waals surface area contributed by atoms with E-state index in [1.807, 2.05) is 19.9 Å². The largest absolute Gasteiger partial charge is 0.444 e. The minimum absolute atomic E-state index is 0. The molecule has 2 heterocycles. The summed E-state index contributed by atoms with van der Waals surface area (Å²) < 4.78 is 48.2. The van der Waals surface area contributed by atoms with Crippen molar-refractivity contribution in [3.05, 3.63) is 64.1 Å². The molecule has 32 heavy (non-hydrogen) atoms. The van der Waals surface area contributed by atoms with Crippen LogP contribution in [0.3, 0.4) is 0 Å². The SMILES string of the molecule is CN=C(NCc1nc(C)c(C)o1)NCc1ccc(-n2nc(C)cc2C)cc1C(F)(F)F.I. The fourth-order valence-electron chi connectivity index (χ4n) is 3.18. The molecule has 2 N–H and O–H groups in total. The Kier molecular flexibility index (Phi) is 8.32. The van der Waals surface area contributed by atoms with E-state index in [0.717, 1.165) is 28.9 Å². The van der Waals surface area contributed by atoms with Gasteiger partial charge in [-0.3, -0.25) is 4.99 Å². The first-order chi connectivity index (χ1) is 14.6. The molecule has 0 aliphatic heterocycles. The van der Waals surface area contributed by atoms with Crippen molar-refractivity contribution in [1.29, 1.82) is 0 Å². The van der Waals surface area contributed by atoms with Gasteiger partial charge in [0.05, 0.1) is 29.2 Å². The predicted octanol–water partition coefficient (Wildman–Crippen LogP) is 4.60. The number of hydrogen-bond acceptors (Lipinski definition) is 4. The van der Waals surface area contributed by atoms with Crippen molar-refractivity contribution >= 4 is 29.9 Å². The molecule has 0 aliphatic rings. The Morgan fingerprint density at radius 3 is 2.31 bits per heavy atom. The first-order valence-corrected chi connectivity index (χ1v) is 9.69. The van der Waals surface area contributed by atoms with Crippen LogP contribution >= 0.6 is 24.0 Å². The number of nitrogens with zero attached hydrogens (tertiary/aromatic N) is 4. The van der Waals surface area contributed by atoms with Crippen LogP contribution in [0.4, 0.5) is 13.2 Å². The number of aromatic nitrogens is 3. The van der Waals surface area contributed by atoms with Crippen molar-refractivity contribution in [2.75, 3.05) is 7.05 Å². The van der Waals surface area contributed by atoms with Gasteiger partial charge in [-0.25, -0.2) is 9.67 Å². The molecule has 3 aromatic rings. The highest BCUT2D eigenvalue weighted by molar-refractivity contribution is 14.0. The van der Waals surface area contributed by atoms with Gasteiger partial charge in [-0.15, -0.1) is 24.0 Å². The third-order valence-corrected chi connectivity index (χ3v) is 4.80. The predicted molar refractivity (Wildman–Crippen MR) is 126 cm³/mol. The second-order valence-corrected chi connectivity index (χ2v) is 7.21. The molecule has 0 unspecified atom stereocenters. The normalized spacial score (nSPS) is 11.9. The van der Waals surface area contributed by atoms with Gasteiger partial charge in [0.2, 0.25) is 5.89 Å². The van der Waals surface area contributed by atoms with Crippen molar-refractivity contribution in [3.63, 3.8) is 0 Å². The number of halogens is 4. The van der Waals surface area contributed by atoms with E-state index in [4.69, 9.17) is 4.42 Å². The molecule has 0 fully saturated rings. The summed E-state index contributed by atoms with van der Waals surface area (Å²) in [5.41, 5.74) is 2.03. The summed E-state index contributed by atoms with van der Waals surface area (Å²) in [4.78, 5) is 8.31. The molecule has 0 amide bonds. The average molecular weight is 562 g/mol. The fraction of sp³-hybridized carbons (Fsp3) is 0.381. The Morgan fingerprint density at radius 1 is 1.09 bits per heavy atom. The molecule has 2 aromatic heterocycles. The fourth-order valence-corrected chi connectivity index (χ4v) is 3.18. The van der Waals surface area contributed by atoms with E-state index < -0.39 is 11.7 Å². The highest BCUT2D eigenvalue weighted by Crippen LogP contribution is 2.33. The summed E-state index contributed by atoms with van der Waals surface area (Å²) in [6.45, 7) is 7.45. The number of guanidine groups is 1. The minimum atomic E-state index is -4.51. The molecule has 0 saturated carbocycles. The van der Waals surface area contributed by atoms with E-state index in [9.17, 15) is 13.2 Å². The lowest BCUT2D eigenvalue weighted by molar-refractivity contribution is -0.138. The number of rotatable bonds is 5. The van der Waals surface area contributed by atoms with Gasteiger partial charge in [0.15, 0.2) is 5.96 Å². The van der Waals surface area contributed by atoms with E-state index in [1.165, 1.54) is 17.8 Å². The van der Waals surface area contributed by atoms with E-state index in [-0.39, 0.29) is 42.6 Å². The van der Waals surface area contributed by atoms with E-state index in [0.29, 0.717) is 17.5 Å². The van der Waals surface area contributed by atoms with Gasteiger partial charge in [0, 0.05) is 19.3 Å². The quantitative estimate of drug-likeness (QED) is 0.270. The molecule has 0 saturated heterocycles. The molecule has 0 bridgehead atoms. The summed E-state index contributed by atoms with van der Waals surface area (Å²) in [5.74, 6) is 1.53. The molecule has 7 nitrogen and oxygen atoms in total. The van der Waals surface area contributed by atoms with Crippen LogP contribution in [0.25, 0.3) is 5.69 Å². The van der Waals surface area contributed by atoms with Crippen LogP contribution in [0.1, 0.15) is 39.9 Å². The van der Waals surface area contributed by atoms with E-state index in [1.54, 1.807) is 19.9 Å². The maximum absolute atomic E-state index is 13.7. The molecular weight excluding hydrogens is 536 g/mol. The molecular formula is C21H26F3IN6O. The van der Waals surface area contributed by atoms with Gasteiger partial charge in [-0.05, 0) is 51.5 Å². The first-order valence-electron chi connectivity index (χ1n) is 9.69. The van der Waals surface area contributed by atoms with Gasteiger partial charge in [-0.2, -0.15) is 18.3 Å². The highest BCUT2D eigenvalue weighted by Gasteiger charge is 2.34. The van der Waals surface area contributed by atoms with Crippen LogP contribution in [0, 0.1) is 27.7 Å². The Balaban J connectivity index is 0.00000363. The number of hydrogen-bond donors (Lipinski definition) is 2. The summed E-state index contributed by atoms with van der Waals surface area (Å²) >= 11 is 0. The molecule has 0 aliphatic carbocycles. The molecule has 0 spiro atoms. The molecule has 3 rings (SSSR count). The Morgan fingerprint density at radius 2 is 1.78 bits per heavy atom. The number of benzene rings is 1. The summed E-state index contributed by atoms with van der Waals surface area (Å²) in [5, 5.41) is 10.2. The maximum Gasteiger partial charge on any atom is 0.416 e. The first kappa shape index (κ1) is 25.7. The van der Waals surface area contributed by atoms with E-state index >= 15 is 0 Å². The third-order valence-electron chi connectivity index (χ3n) is 4.80. The molecule has 174 valence electrons. The number of nitrogens with one attached hydrogen (secondary N) is 2. The topological polar surface area (TPSA) is 80.3 Å². The van der Waals surface area contributed by atoms with Crippen LogP contribution in [0.5, 0.6) is 0 Å². The van der Waals surface area contributed by atoms with Crippen LogP contribution in [-0.4, -0.2) is 27.8 Å². The summed E-state index contributed by atoms with van der Waals surface area (Å²) in [6, 6.07) is 6.01. The van der Waals surface area contributed by atoms with Crippen molar-refractivity contribution in [2.24, 2.45) is 4.99 Å².